The first kappa shape index (κ1) is 12.0. The van der Waals surface area contributed by atoms with Crippen LogP contribution in [-0.4, -0.2) is 28.4 Å². The van der Waals surface area contributed by atoms with Gasteiger partial charge in [-0.2, -0.15) is 0 Å². The fourth-order valence-corrected chi connectivity index (χ4v) is 2.21. The maximum Gasteiger partial charge on any atom is 0.323 e. The van der Waals surface area contributed by atoms with E-state index in [-0.39, 0.29) is 5.11 Å². The molecule has 0 saturated carbocycles. The van der Waals surface area contributed by atoms with Crippen molar-refractivity contribution in [3.05, 3.63) is 29.3 Å². The minimum absolute atomic E-state index is 0.199. The highest BCUT2D eigenvalue weighted by atomic mass is 35.5. The maximum absolute atomic E-state index is 11.8. The van der Waals surface area contributed by atoms with Gasteiger partial charge in [0.2, 0.25) is 0 Å². The zero-order chi connectivity index (χ0) is 12.6. The summed E-state index contributed by atoms with van der Waals surface area (Å²) in [6, 6.07) is 6.67. The van der Waals surface area contributed by atoms with Gasteiger partial charge in [0.05, 0.1) is 5.69 Å². The van der Waals surface area contributed by atoms with E-state index in [1.165, 1.54) is 9.80 Å². The van der Waals surface area contributed by atoms with Crippen molar-refractivity contribution >= 4 is 46.4 Å². The van der Waals surface area contributed by atoms with Gasteiger partial charge >= 0.3 is 11.8 Å². The quantitative estimate of drug-likeness (QED) is 0.607. The topological polar surface area (TPSA) is 40.6 Å². The molecule has 88 valence electrons. The molecule has 0 radical (unpaired) electrons. The Morgan fingerprint density at radius 1 is 1.29 bits per heavy atom. The van der Waals surface area contributed by atoms with E-state index in [1.54, 1.807) is 31.2 Å². The summed E-state index contributed by atoms with van der Waals surface area (Å²) in [6.45, 7) is 2.14. The van der Waals surface area contributed by atoms with Gasteiger partial charge in [-0.05, 0) is 37.3 Å². The minimum Gasteiger partial charge on any atom is -0.280 e. The van der Waals surface area contributed by atoms with Gasteiger partial charge in [0.25, 0.3) is 0 Å². The summed E-state index contributed by atoms with van der Waals surface area (Å²) in [4.78, 5) is 25.9. The molecule has 4 nitrogen and oxygen atoms in total. The zero-order valence-corrected chi connectivity index (χ0v) is 10.6. The van der Waals surface area contributed by atoms with Crippen molar-refractivity contribution in [3.8, 4) is 0 Å². The van der Waals surface area contributed by atoms with Gasteiger partial charge in [0.1, 0.15) is 0 Å². The largest absolute Gasteiger partial charge is 0.323 e. The number of nitrogens with zero attached hydrogens (tertiary/aromatic N) is 2. The van der Waals surface area contributed by atoms with Gasteiger partial charge < -0.3 is 0 Å². The lowest BCUT2D eigenvalue weighted by atomic mass is 10.3. The van der Waals surface area contributed by atoms with E-state index in [4.69, 9.17) is 23.8 Å². The Morgan fingerprint density at radius 3 is 2.53 bits per heavy atom. The number of hydrogen-bond acceptors (Lipinski definition) is 3. The Balaban J connectivity index is 2.43. The van der Waals surface area contributed by atoms with Crippen molar-refractivity contribution in [2.45, 2.75) is 6.92 Å². The van der Waals surface area contributed by atoms with Gasteiger partial charge in [0, 0.05) is 11.6 Å². The summed E-state index contributed by atoms with van der Waals surface area (Å²) in [7, 11) is 0. The first-order chi connectivity index (χ1) is 8.06. The molecule has 6 heteroatoms. The molecule has 1 aromatic rings. The first-order valence-electron chi connectivity index (χ1n) is 5.01. The van der Waals surface area contributed by atoms with Gasteiger partial charge in [-0.15, -0.1) is 0 Å². The van der Waals surface area contributed by atoms with Crippen LogP contribution >= 0.6 is 23.8 Å². The molecule has 1 aliphatic heterocycles. The van der Waals surface area contributed by atoms with Gasteiger partial charge in [-0.25, -0.2) is 4.90 Å². The third-order valence-corrected chi connectivity index (χ3v) is 3.07. The predicted octanol–water partition coefficient (Wildman–Crippen LogP) is 1.82. The normalized spacial score (nSPS) is 16.0. The van der Waals surface area contributed by atoms with Crippen molar-refractivity contribution in [1.29, 1.82) is 0 Å². The standard InChI is InChI=1S/C11H9ClN2O2S/c1-2-13-9(15)10(16)14(11(13)17)8-5-3-4-7(12)6-8/h3-6H,2H2,1H3. The summed E-state index contributed by atoms with van der Waals surface area (Å²) in [6.07, 6.45) is 0. The van der Waals surface area contributed by atoms with Crippen molar-refractivity contribution in [3.63, 3.8) is 0 Å². The number of carbonyl (C=O) groups excluding carboxylic acids is 2. The zero-order valence-electron chi connectivity index (χ0n) is 9.01. The number of hydrogen-bond donors (Lipinski definition) is 0. The number of rotatable bonds is 2. The lowest BCUT2D eigenvalue weighted by molar-refractivity contribution is -0.139. The van der Waals surface area contributed by atoms with E-state index in [2.05, 4.69) is 0 Å². The second-order valence-electron chi connectivity index (χ2n) is 3.45. The van der Waals surface area contributed by atoms with Crippen molar-refractivity contribution in [1.82, 2.24) is 4.90 Å². The van der Waals surface area contributed by atoms with Crippen LogP contribution in [0.1, 0.15) is 6.92 Å². The lowest BCUT2D eigenvalue weighted by Crippen LogP contribution is -2.32. The number of thiocarbonyl (C=S) groups is 1. The van der Waals surface area contributed by atoms with Gasteiger partial charge in [-0.1, -0.05) is 17.7 Å². The maximum atomic E-state index is 11.8. The average Bonchev–Trinajstić information content (AvgIpc) is 2.50. The molecule has 17 heavy (non-hydrogen) atoms. The molecule has 1 aliphatic rings. The van der Waals surface area contributed by atoms with Crippen LogP contribution in [0.3, 0.4) is 0 Å². The summed E-state index contributed by atoms with van der Waals surface area (Å²) in [5.41, 5.74) is 0.511. The number of carbonyl (C=O) groups is 2. The molecular formula is C11H9ClN2O2S. The second kappa shape index (κ2) is 4.43. The lowest BCUT2D eigenvalue weighted by Gasteiger charge is -2.17. The van der Waals surface area contributed by atoms with Crippen LogP contribution in [0, 0.1) is 0 Å². The van der Waals surface area contributed by atoms with Crippen LogP contribution in [0.15, 0.2) is 24.3 Å². The molecule has 0 unspecified atom stereocenters. The number of benzene rings is 1. The van der Waals surface area contributed by atoms with E-state index >= 15 is 0 Å². The average molecular weight is 269 g/mol. The number of amides is 2. The van der Waals surface area contributed by atoms with Crippen molar-refractivity contribution in [2.24, 2.45) is 0 Å². The molecule has 2 rings (SSSR count). The third-order valence-electron chi connectivity index (χ3n) is 2.44. The summed E-state index contributed by atoms with van der Waals surface area (Å²) in [5, 5.41) is 0.685. The smallest absolute Gasteiger partial charge is 0.280 e. The molecule has 0 spiro atoms. The van der Waals surface area contributed by atoms with Crippen LogP contribution in [0.25, 0.3) is 0 Å². The number of likely N-dealkylation sites (N-methyl/N-ethyl adjacent to an activating group) is 1. The Labute approximate surface area is 109 Å². The molecule has 0 bridgehead atoms. The third kappa shape index (κ3) is 1.92. The molecule has 0 aromatic heterocycles. The first-order valence-corrected chi connectivity index (χ1v) is 5.80. The van der Waals surface area contributed by atoms with Crippen molar-refractivity contribution in [2.75, 3.05) is 11.4 Å². The Morgan fingerprint density at radius 2 is 2.00 bits per heavy atom. The Hall–Kier alpha value is -1.46. The second-order valence-corrected chi connectivity index (χ2v) is 4.25. The summed E-state index contributed by atoms with van der Waals surface area (Å²) in [5.74, 6) is -1.24. The van der Waals surface area contributed by atoms with Gasteiger partial charge in [0.15, 0.2) is 5.11 Å². The molecule has 1 aromatic carbocycles. The van der Waals surface area contributed by atoms with Gasteiger partial charge in [-0.3, -0.25) is 14.5 Å². The van der Waals surface area contributed by atoms with Crippen LogP contribution in [0.5, 0.6) is 0 Å². The predicted molar refractivity (Wildman–Crippen MR) is 68.9 cm³/mol. The number of halogens is 1. The van der Waals surface area contributed by atoms with E-state index in [0.717, 1.165) is 0 Å². The summed E-state index contributed by atoms with van der Waals surface area (Å²) < 4.78 is 0. The van der Waals surface area contributed by atoms with Crippen molar-refractivity contribution < 1.29 is 9.59 Å². The molecule has 2 amide bonds. The number of anilines is 1. The fraction of sp³-hybridized carbons (Fsp3) is 0.182. The fourth-order valence-electron chi connectivity index (χ4n) is 1.63. The van der Waals surface area contributed by atoms with Crippen LogP contribution in [-0.2, 0) is 9.59 Å². The molecule has 0 N–H and O–H groups in total. The monoisotopic (exact) mass is 268 g/mol. The molecule has 0 aliphatic carbocycles. The Kier molecular flexibility index (Phi) is 3.13. The van der Waals surface area contributed by atoms with E-state index in [1.807, 2.05) is 0 Å². The molecule has 1 heterocycles. The van der Waals surface area contributed by atoms with Crippen LogP contribution < -0.4 is 4.90 Å². The highest BCUT2D eigenvalue weighted by molar-refractivity contribution is 7.80. The SMILES string of the molecule is CCN1C(=O)C(=O)N(c2cccc(Cl)c2)C1=S. The van der Waals surface area contributed by atoms with E-state index < -0.39 is 11.8 Å². The van der Waals surface area contributed by atoms with E-state index in [9.17, 15) is 9.59 Å². The summed E-state index contributed by atoms with van der Waals surface area (Å²) >= 11 is 11.0. The highest BCUT2D eigenvalue weighted by Gasteiger charge is 2.41. The molecule has 0 atom stereocenters. The highest BCUT2D eigenvalue weighted by Crippen LogP contribution is 2.24. The molecular weight excluding hydrogens is 260 g/mol. The van der Waals surface area contributed by atoms with E-state index in [0.29, 0.717) is 17.3 Å². The van der Waals surface area contributed by atoms with Crippen LogP contribution in [0.4, 0.5) is 5.69 Å². The Bertz CT molecular complexity index is 518. The molecule has 1 fully saturated rings. The minimum atomic E-state index is -0.640. The molecule has 1 saturated heterocycles. The van der Waals surface area contributed by atoms with Crippen LogP contribution in [0.2, 0.25) is 5.02 Å².